The molecule has 1 aliphatic rings. The van der Waals surface area contributed by atoms with E-state index in [0.29, 0.717) is 12.3 Å². The van der Waals surface area contributed by atoms with Gasteiger partial charge in [-0.05, 0) is 54.8 Å². The van der Waals surface area contributed by atoms with E-state index in [9.17, 15) is 4.79 Å². The lowest BCUT2D eigenvalue weighted by molar-refractivity contribution is -0.132. The van der Waals surface area contributed by atoms with Crippen LogP contribution in [0, 0.1) is 5.92 Å². The maximum atomic E-state index is 12.4. The molecule has 1 aromatic rings. The molecule has 3 heteroatoms. The second kappa shape index (κ2) is 8.66. The fourth-order valence-electron chi connectivity index (χ4n) is 3.32. The normalized spacial score (nSPS) is 16.4. The van der Waals surface area contributed by atoms with Crippen LogP contribution in [0.3, 0.4) is 0 Å². The van der Waals surface area contributed by atoms with Gasteiger partial charge < -0.3 is 10.2 Å². The first-order valence-electron chi connectivity index (χ1n) is 9.48. The summed E-state index contributed by atoms with van der Waals surface area (Å²) in [6.45, 7) is 12.8. The van der Waals surface area contributed by atoms with Crippen molar-refractivity contribution in [2.45, 2.75) is 58.8 Å². The summed E-state index contributed by atoms with van der Waals surface area (Å²) in [7, 11) is 0. The Bertz CT molecular complexity index is 508. The highest BCUT2D eigenvalue weighted by Gasteiger charge is 2.22. The predicted octanol–water partition coefficient (Wildman–Crippen LogP) is 3.76. The van der Waals surface area contributed by atoms with E-state index in [1.54, 1.807) is 0 Å². The second-order valence-corrected chi connectivity index (χ2v) is 8.08. The van der Waals surface area contributed by atoms with E-state index in [2.05, 4.69) is 62.2 Å². The molecule has 1 saturated heterocycles. The van der Waals surface area contributed by atoms with Gasteiger partial charge >= 0.3 is 0 Å². The predicted molar refractivity (Wildman–Crippen MR) is 101 cm³/mol. The molecular formula is C21H34N2O. The number of amides is 1. The van der Waals surface area contributed by atoms with Gasteiger partial charge in [0.25, 0.3) is 0 Å². The minimum atomic E-state index is 0.186. The Balaban J connectivity index is 1.75. The van der Waals surface area contributed by atoms with Gasteiger partial charge in [0.1, 0.15) is 0 Å². The number of hydrogen-bond acceptors (Lipinski definition) is 2. The van der Waals surface area contributed by atoms with E-state index >= 15 is 0 Å². The Labute approximate surface area is 147 Å². The molecule has 0 atom stereocenters. The van der Waals surface area contributed by atoms with Crippen molar-refractivity contribution in [3.63, 3.8) is 0 Å². The van der Waals surface area contributed by atoms with Crippen molar-refractivity contribution < 1.29 is 4.79 Å². The monoisotopic (exact) mass is 330 g/mol. The van der Waals surface area contributed by atoms with Crippen LogP contribution in [0.1, 0.15) is 58.1 Å². The molecule has 2 rings (SSSR count). The molecule has 1 heterocycles. The van der Waals surface area contributed by atoms with Gasteiger partial charge in [0, 0.05) is 19.5 Å². The standard InChI is InChI=1S/C21H34N2O/c1-5-22-16-18-12-14-23(15-13-18)20(24)11-8-17-6-9-19(10-7-17)21(2,3)4/h6-7,9-10,18,22H,5,8,11-16H2,1-4H3. The molecule has 0 aliphatic carbocycles. The number of likely N-dealkylation sites (tertiary alicyclic amines) is 1. The zero-order chi connectivity index (χ0) is 17.6. The van der Waals surface area contributed by atoms with Gasteiger partial charge in [-0.25, -0.2) is 0 Å². The highest BCUT2D eigenvalue weighted by Crippen LogP contribution is 2.23. The highest BCUT2D eigenvalue weighted by molar-refractivity contribution is 5.76. The molecule has 1 aliphatic heterocycles. The fourth-order valence-corrected chi connectivity index (χ4v) is 3.32. The first-order chi connectivity index (χ1) is 11.4. The Morgan fingerprint density at radius 1 is 1.17 bits per heavy atom. The summed E-state index contributed by atoms with van der Waals surface area (Å²) >= 11 is 0. The molecule has 0 radical (unpaired) electrons. The topological polar surface area (TPSA) is 32.3 Å². The number of carbonyl (C=O) groups excluding carboxylic acids is 1. The third kappa shape index (κ3) is 5.62. The van der Waals surface area contributed by atoms with Gasteiger partial charge in [0.15, 0.2) is 0 Å². The molecule has 1 aromatic carbocycles. The lowest BCUT2D eigenvalue weighted by atomic mass is 9.86. The van der Waals surface area contributed by atoms with Gasteiger partial charge in [-0.3, -0.25) is 4.79 Å². The Morgan fingerprint density at radius 3 is 2.33 bits per heavy atom. The molecular weight excluding hydrogens is 296 g/mol. The van der Waals surface area contributed by atoms with E-state index in [1.165, 1.54) is 11.1 Å². The smallest absolute Gasteiger partial charge is 0.222 e. The molecule has 0 unspecified atom stereocenters. The molecule has 1 N–H and O–H groups in total. The van der Waals surface area contributed by atoms with Crippen LogP contribution in [0.5, 0.6) is 0 Å². The Hall–Kier alpha value is -1.35. The van der Waals surface area contributed by atoms with Crippen LogP contribution in [-0.2, 0) is 16.6 Å². The van der Waals surface area contributed by atoms with Crippen molar-refractivity contribution >= 4 is 5.91 Å². The molecule has 3 nitrogen and oxygen atoms in total. The first-order valence-corrected chi connectivity index (χ1v) is 9.48. The molecule has 0 aromatic heterocycles. The summed E-state index contributed by atoms with van der Waals surface area (Å²) in [6.07, 6.45) is 3.76. The number of carbonyl (C=O) groups is 1. The number of nitrogens with one attached hydrogen (secondary N) is 1. The number of rotatable bonds is 6. The maximum Gasteiger partial charge on any atom is 0.222 e. The minimum absolute atomic E-state index is 0.186. The van der Waals surface area contributed by atoms with Gasteiger partial charge in [0.2, 0.25) is 5.91 Å². The molecule has 1 fully saturated rings. The number of nitrogens with zero attached hydrogens (tertiary/aromatic N) is 1. The van der Waals surface area contributed by atoms with Crippen LogP contribution in [0.2, 0.25) is 0 Å². The van der Waals surface area contributed by atoms with Crippen molar-refractivity contribution in [2.24, 2.45) is 5.92 Å². The number of benzene rings is 1. The van der Waals surface area contributed by atoms with Gasteiger partial charge in [-0.2, -0.15) is 0 Å². The van der Waals surface area contributed by atoms with Crippen LogP contribution < -0.4 is 5.32 Å². The molecule has 0 bridgehead atoms. The third-order valence-electron chi connectivity index (χ3n) is 5.10. The molecule has 134 valence electrons. The average Bonchev–Trinajstić information content (AvgIpc) is 2.58. The van der Waals surface area contributed by atoms with Crippen molar-refractivity contribution in [3.05, 3.63) is 35.4 Å². The van der Waals surface area contributed by atoms with Crippen LogP contribution in [0.4, 0.5) is 0 Å². The summed E-state index contributed by atoms with van der Waals surface area (Å²) in [5.74, 6) is 1.05. The van der Waals surface area contributed by atoms with Gasteiger partial charge in [-0.15, -0.1) is 0 Å². The number of hydrogen-bond donors (Lipinski definition) is 1. The molecule has 24 heavy (non-hydrogen) atoms. The average molecular weight is 331 g/mol. The highest BCUT2D eigenvalue weighted by atomic mass is 16.2. The van der Waals surface area contributed by atoms with E-state index in [-0.39, 0.29) is 5.41 Å². The van der Waals surface area contributed by atoms with E-state index < -0.39 is 0 Å². The summed E-state index contributed by atoms with van der Waals surface area (Å²) in [5, 5.41) is 3.42. The second-order valence-electron chi connectivity index (χ2n) is 8.08. The fraction of sp³-hybridized carbons (Fsp3) is 0.667. The number of aryl methyl sites for hydroxylation is 1. The molecule has 0 saturated carbocycles. The maximum absolute atomic E-state index is 12.4. The minimum Gasteiger partial charge on any atom is -0.343 e. The van der Waals surface area contributed by atoms with Crippen molar-refractivity contribution in [3.8, 4) is 0 Å². The Kier molecular flexibility index (Phi) is 6.85. The van der Waals surface area contributed by atoms with E-state index in [1.807, 2.05) is 0 Å². The van der Waals surface area contributed by atoms with Crippen LogP contribution >= 0.6 is 0 Å². The van der Waals surface area contributed by atoms with E-state index in [0.717, 1.165) is 51.4 Å². The van der Waals surface area contributed by atoms with Gasteiger partial charge in [-0.1, -0.05) is 52.0 Å². The lowest BCUT2D eigenvalue weighted by Gasteiger charge is -2.32. The Morgan fingerprint density at radius 2 is 1.79 bits per heavy atom. The zero-order valence-corrected chi connectivity index (χ0v) is 15.9. The number of piperidine rings is 1. The SMILES string of the molecule is CCNCC1CCN(C(=O)CCc2ccc(C(C)(C)C)cc2)CC1. The summed E-state index contributed by atoms with van der Waals surface area (Å²) < 4.78 is 0. The molecule has 1 amide bonds. The third-order valence-corrected chi connectivity index (χ3v) is 5.10. The van der Waals surface area contributed by atoms with E-state index in [4.69, 9.17) is 0 Å². The summed E-state index contributed by atoms with van der Waals surface area (Å²) in [6, 6.07) is 8.76. The van der Waals surface area contributed by atoms with Crippen molar-refractivity contribution in [1.82, 2.24) is 10.2 Å². The van der Waals surface area contributed by atoms with Crippen LogP contribution in [0.15, 0.2) is 24.3 Å². The molecule has 0 spiro atoms. The van der Waals surface area contributed by atoms with Gasteiger partial charge in [0.05, 0.1) is 0 Å². The first kappa shape index (κ1) is 19.0. The zero-order valence-electron chi connectivity index (χ0n) is 15.9. The lowest BCUT2D eigenvalue weighted by Crippen LogP contribution is -2.40. The quantitative estimate of drug-likeness (QED) is 0.861. The van der Waals surface area contributed by atoms with Crippen LogP contribution in [0.25, 0.3) is 0 Å². The van der Waals surface area contributed by atoms with Crippen molar-refractivity contribution in [1.29, 1.82) is 0 Å². The summed E-state index contributed by atoms with van der Waals surface area (Å²) in [4.78, 5) is 14.5. The largest absolute Gasteiger partial charge is 0.343 e. The van der Waals surface area contributed by atoms with Crippen molar-refractivity contribution in [2.75, 3.05) is 26.2 Å². The summed E-state index contributed by atoms with van der Waals surface area (Å²) in [5.41, 5.74) is 2.80. The van der Waals surface area contributed by atoms with Crippen LogP contribution in [-0.4, -0.2) is 37.0 Å².